The van der Waals surface area contributed by atoms with E-state index in [2.05, 4.69) is 28.1 Å². The molecular formula is C16H14BrNO2. The number of halogens is 1. The number of nitrogens with zero attached hydrogens (tertiary/aromatic N) is 1. The highest BCUT2D eigenvalue weighted by molar-refractivity contribution is 9.10. The molecule has 1 aromatic carbocycles. The number of carbonyl (C=O) groups excluding carboxylic acids is 2. The molecule has 2 aliphatic carbocycles. The molecule has 3 nitrogen and oxygen atoms in total. The Morgan fingerprint density at radius 2 is 1.70 bits per heavy atom. The Balaban J connectivity index is 1.76. The first-order chi connectivity index (χ1) is 9.58. The van der Waals surface area contributed by atoms with Gasteiger partial charge in [-0.05, 0) is 42.9 Å². The smallest absolute Gasteiger partial charge is 0.238 e. The number of hydrogen-bond acceptors (Lipinski definition) is 2. The van der Waals surface area contributed by atoms with Crippen molar-refractivity contribution >= 4 is 33.4 Å². The fourth-order valence-corrected chi connectivity index (χ4v) is 4.24. The Bertz CT molecular complexity index is 636. The second-order valence-corrected chi connectivity index (χ2v) is 6.80. The summed E-state index contributed by atoms with van der Waals surface area (Å²) in [5.41, 5.74) is 1.78. The van der Waals surface area contributed by atoms with Gasteiger partial charge in [-0.15, -0.1) is 0 Å². The predicted molar refractivity (Wildman–Crippen MR) is 79.1 cm³/mol. The maximum atomic E-state index is 12.6. The topological polar surface area (TPSA) is 37.4 Å². The molecule has 3 aliphatic rings. The summed E-state index contributed by atoms with van der Waals surface area (Å²) in [6, 6.07) is 5.65. The minimum absolute atomic E-state index is 0.0207. The van der Waals surface area contributed by atoms with Crippen LogP contribution in [0.4, 0.5) is 5.69 Å². The lowest BCUT2D eigenvalue weighted by atomic mass is 9.85. The molecule has 4 unspecified atom stereocenters. The summed E-state index contributed by atoms with van der Waals surface area (Å²) in [4.78, 5) is 26.7. The minimum atomic E-state index is -0.127. The summed E-state index contributed by atoms with van der Waals surface area (Å²) in [6.07, 6.45) is 5.20. The van der Waals surface area contributed by atoms with Gasteiger partial charge in [-0.1, -0.05) is 34.1 Å². The molecule has 0 spiro atoms. The Morgan fingerprint density at radius 1 is 1.10 bits per heavy atom. The van der Waals surface area contributed by atoms with Gasteiger partial charge in [0, 0.05) is 4.47 Å². The maximum absolute atomic E-state index is 12.6. The molecule has 2 fully saturated rings. The van der Waals surface area contributed by atoms with Crippen molar-refractivity contribution in [2.45, 2.75) is 13.3 Å². The molecule has 2 bridgehead atoms. The lowest BCUT2D eigenvalue weighted by Crippen LogP contribution is -2.32. The molecular weight excluding hydrogens is 318 g/mol. The summed E-state index contributed by atoms with van der Waals surface area (Å²) in [6.45, 7) is 1.99. The monoisotopic (exact) mass is 331 g/mol. The average Bonchev–Trinajstić information content (AvgIpc) is 3.08. The number of carbonyl (C=O) groups is 2. The Labute approximate surface area is 125 Å². The van der Waals surface area contributed by atoms with E-state index in [1.165, 1.54) is 4.90 Å². The number of benzene rings is 1. The van der Waals surface area contributed by atoms with Crippen molar-refractivity contribution in [1.82, 2.24) is 0 Å². The van der Waals surface area contributed by atoms with Gasteiger partial charge in [-0.25, -0.2) is 4.90 Å². The van der Waals surface area contributed by atoms with Crippen LogP contribution in [-0.2, 0) is 9.59 Å². The first kappa shape index (κ1) is 12.3. The second kappa shape index (κ2) is 4.04. The van der Waals surface area contributed by atoms with Crippen molar-refractivity contribution in [2.24, 2.45) is 23.7 Å². The standard InChI is InChI=1S/C16H14BrNO2/c1-8-2-5-11(7-12(8)17)18-15(19)13-9-3-4-10(6-9)14(13)16(18)20/h2-5,7,9-10,13-14H,6H2,1H3. The number of rotatable bonds is 1. The zero-order valence-electron chi connectivity index (χ0n) is 11.0. The van der Waals surface area contributed by atoms with Gasteiger partial charge in [-0.2, -0.15) is 0 Å². The number of amides is 2. The molecule has 1 heterocycles. The molecule has 0 radical (unpaired) electrons. The van der Waals surface area contributed by atoms with Crippen LogP contribution in [0.1, 0.15) is 12.0 Å². The summed E-state index contributed by atoms with van der Waals surface area (Å²) >= 11 is 3.47. The van der Waals surface area contributed by atoms with E-state index in [4.69, 9.17) is 0 Å². The molecule has 4 atom stereocenters. The Kier molecular flexibility index (Phi) is 2.49. The summed E-state index contributed by atoms with van der Waals surface area (Å²) in [5, 5.41) is 0. The molecule has 4 heteroatoms. The average molecular weight is 332 g/mol. The van der Waals surface area contributed by atoms with Crippen molar-refractivity contribution < 1.29 is 9.59 Å². The van der Waals surface area contributed by atoms with E-state index in [-0.39, 0.29) is 35.5 Å². The van der Waals surface area contributed by atoms with Crippen LogP contribution in [0.15, 0.2) is 34.8 Å². The van der Waals surface area contributed by atoms with Crippen LogP contribution in [0.25, 0.3) is 0 Å². The van der Waals surface area contributed by atoms with E-state index in [0.717, 1.165) is 16.5 Å². The highest BCUT2D eigenvalue weighted by atomic mass is 79.9. The second-order valence-electron chi connectivity index (χ2n) is 5.95. The van der Waals surface area contributed by atoms with Gasteiger partial charge in [-0.3, -0.25) is 9.59 Å². The van der Waals surface area contributed by atoms with E-state index in [0.29, 0.717) is 5.69 Å². The fourth-order valence-electron chi connectivity index (χ4n) is 3.88. The molecule has 2 amide bonds. The SMILES string of the molecule is Cc1ccc(N2C(=O)C3C4C=CC(C4)C3C2=O)cc1Br. The molecule has 4 rings (SSSR count). The van der Waals surface area contributed by atoms with Gasteiger partial charge in [0.15, 0.2) is 0 Å². The molecule has 0 aromatic heterocycles. The van der Waals surface area contributed by atoms with Crippen LogP contribution < -0.4 is 4.90 Å². The zero-order chi connectivity index (χ0) is 14.0. The maximum Gasteiger partial charge on any atom is 0.238 e. The van der Waals surface area contributed by atoms with Gasteiger partial charge in [0.1, 0.15) is 0 Å². The highest BCUT2D eigenvalue weighted by Gasteiger charge is 2.59. The summed E-state index contributed by atoms with van der Waals surface area (Å²) in [5.74, 6) is 0.232. The minimum Gasteiger partial charge on any atom is -0.274 e. The van der Waals surface area contributed by atoms with E-state index >= 15 is 0 Å². The van der Waals surface area contributed by atoms with E-state index in [9.17, 15) is 9.59 Å². The van der Waals surface area contributed by atoms with Crippen LogP contribution in [0.2, 0.25) is 0 Å². The van der Waals surface area contributed by atoms with Crippen molar-refractivity contribution in [2.75, 3.05) is 4.90 Å². The number of imide groups is 1. The van der Waals surface area contributed by atoms with Gasteiger partial charge in [0.05, 0.1) is 17.5 Å². The zero-order valence-corrected chi connectivity index (χ0v) is 12.6. The fraction of sp³-hybridized carbons (Fsp3) is 0.375. The third-order valence-corrected chi connectivity index (χ3v) is 5.74. The molecule has 20 heavy (non-hydrogen) atoms. The van der Waals surface area contributed by atoms with E-state index in [1.54, 1.807) is 0 Å². The third kappa shape index (κ3) is 1.46. The van der Waals surface area contributed by atoms with Gasteiger partial charge in [0.2, 0.25) is 11.8 Å². The van der Waals surface area contributed by atoms with Crippen LogP contribution in [0.3, 0.4) is 0 Å². The first-order valence-corrected chi connectivity index (χ1v) is 7.69. The lowest BCUT2D eigenvalue weighted by molar-refractivity contribution is -0.123. The summed E-state index contributed by atoms with van der Waals surface area (Å²) in [7, 11) is 0. The normalized spacial score (nSPS) is 34.2. The first-order valence-electron chi connectivity index (χ1n) is 6.90. The van der Waals surface area contributed by atoms with Crippen LogP contribution in [0, 0.1) is 30.6 Å². The quantitative estimate of drug-likeness (QED) is 0.585. The van der Waals surface area contributed by atoms with Crippen molar-refractivity contribution in [3.8, 4) is 0 Å². The number of allylic oxidation sites excluding steroid dienone is 2. The third-order valence-electron chi connectivity index (χ3n) is 4.88. The van der Waals surface area contributed by atoms with Gasteiger partial charge >= 0.3 is 0 Å². The van der Waals surface area contributed by atoms with Crippen molar-refractivity contribution in [1.29, 1.82) is 0 Å². The molecule has 1 aromatic rings. The largest absolute Gasteiger partial charge is 0.274 e. The lowest BCUT2D eigenvalue weighted by Gasteiger charge is -2.18. The number of fused-ring (bicyclic) bond motifs is 5. The van der Waals surface area contributed by atoms with E-state index < -0.39 is 0 Å². The molecule has 1 saturated heterocycles. The van der Waals surface area contributed by atoms with Gasteiger partial charge in [0.25, 0.3) is 0 Å². The van der Waals surface area contributed by atoms with Crippen LogP contribution >= 0.6 is 15.9 Å². The molecule has 102 valence electrons. The number of hydrogen-bond donors (Lipinski definition) is 0. The van der Waals surface area contributed by atoms with Crippen LogP contribution in [0.5, 0.6) is 0 Å². The molecule has 1 aliphatic heterocycles. The molecule has 0 N–H and O–H groups in total. The van der Waals surface area contributed by atoms with Crippen LogP contribution in [-0.4, -0.2) is 11.8 Å². The van der Waals surface area contributed by atoms with Crippen molar-refractivity contribution in [3.63, 3.8) is 0 Å². The number of aryl methyl sites for hydroxylation is 1. The van der Waals surface area contributed by atoms with Gasteiger partial charge < -0.3 is 0 Å². The van der Waals surface area contributed by atoms with E-state index in [1.807, 2.05) is 25.1 Å². The van der Waals surface area contributed by atoms with Crippen molar-refractivity contribution in [3.05, 3.63) is 40.4 Å². The number of anilines is 1. The Morgan fingerprint density at radius 3 is 2.25 bits per heavy atom. The molecule has 1 saturated carbocycles. The summed E-state index contributed by atoms with van der Waals surface area (Å²) < 4.78 is 0.925. The Hall–Kier alpha value is -1.42. The highest BCUT2D eigenvalue weighted by Crippen LogP contribution is 2.53. The predicted octanol–water partition coefficient (Wildman–Crippen LogP) is 3.07.